The molecular formula is C22H20FN5O3S. The molecule has 1 amide bonds. The van der Waals surface area contributed by atoms with E-state index in [1.807, 2.05) is 4.90 Å². The van der Waals surface area contributed by atoms with E-state index in [2.05, 4.69) is 16.4 Å². The summed E-state index contributed by atoms with van der Waals surface area (Å²) in [5.41, 5.74) is 2.07. The third kappa shape index (κ3) is 4.39. The van der Waals surface area contributed by atoms with Crippen molar-refractivity contribution in [3.63, 3.8) is 0 Å². The number of benzene rings is 2. The topological polar surface area (TPSA) is 129 Å². The Morgan fingerprint density at radius 3 is 2.50 bits per heavy atom. The number of nitrogens with zero attached hydrogens (tertiary/aromatic N) is 3. The second kappa shape index (κ2) is 8.53. The number of pyridine rings is 1. The van der Waals surface area contributed by atoms with Crippen molar-refractivity contribution in [3.05, 3.63) is 60.0 Å². The van der Waals surface area contributed by atoms with Crippen LogP contribution in [0.1, 0.15) is 18.4 Å². The van der Waals surface area contributed by atoms with E-state index in [4.69, 9.17) is 5.14 Å². The molecule has 0 saturated carbocycles. The predicted octanol–water partition coefficient (Wildman–Crippen LogP) is 2.75. The highest BCUT2D eigenvalue weighted by molar-refractivity contribution is 7.89. The van der Waals surface area contributed by atoms with Crippen LogP contribution >= 0.6 is 0 Å². The van der Waals surface area contributed by atoms with Gasteiger partial charge in [0.2, 0.25) is 15.9 Å². The molecule has 0 radical (unpaired) electrons. The van der Waals surface area contributed by atoms with Gasteiger partial charge in [-0.3, -0.25) is 9.78 Å². The minimum Gasteiger partial charge on any atom is -0.370 e. The zero-order chi connectivity index (χ0) is 22.9. The molecule has 3 aromatic rings. The lowest BCUT2D eigenvalue weighted by Crippen LogP contribution is -2.38. The van der Waals surface area contributed by atoms with Gasteiger partial charge in [0.1, 0.15) is 11.9 Å². The number of amides is 1. The molecule has 0 atom stereocenters. The molecule has 2 aromatic carbocycles. The number of sulfonamides is 1. The summed E-state index contributed by atoms with van der Waals surface area (Å²) in [5, 5.41) is 18.0. The summed E-state index contributed by atoms with van der Waals surface area (Å²) >= 11 is 0. The lowest BCUT2D eigenvalue weighted by atomic mass is 9.94. The van der Waals surface area contributed by atoms with Crippen molar-refractivity contribution in [1.29, 1.82) is 5.26 Å². The van der Waals surface area contributed by atoms with E-state index in [-0.39, 0.29) is 16.7 Å². The zero-order valence-electron chi connectivity index (χ0n) is 17.0. The number of carbonyl (C=O) groups is 1. The molecule has 10 heteroatoms. The minimum absolute atomic E-state index is 0.0295. The molecule has 0 aliphatic carbocycles. The molecule has 1 aromatic heterocycles. The molecule has 1 fully saturated rings. The van der Waals surface area contributed by atoms with Crippen molar-refractivity contribution < 1.29 is 17.6 Å². The van der Waals surface area contributed by atoms with Crippen LogP contribution in [0, 0.1) is 23.1 Å². The molecule has 2 heterocycles. The summed E-state index contributed by atoms with van der Waals surface area (Å²) in [6, 6.07) is 12.1. The summed E-state index contributed by atoms with van der Waals surface area (Å²) in [7, 11) is -3.79. The Hall–Kier alpha value is -3.55. The third-order valence-electron chi connectivity index (χ3n) is 5.55. The van der Waals surface area contributed by atoms with Crippen LogP contribution in [-0.4, -0.2) is 32.4 Å². The maximum absolute atomic E-state index is 13.9. The van der Waals surface area contributed by atoms with Crippen molar-refractivity contribution >= 4 is 38.2 Å². The maximum atomic E-state index is 13.9. The number of hydrogen-bond donors (Lipinski definition) is 2. The van der Waals surface area contributed by atoms with E-state index in [0.29, 0.717) is 53.8 Å². The molecule has 8 nitrogen and oxygen atoms in total. The summed E-state index contributed by atoms with van der Waals surface area (Å²) in [6.45, 7) is 1.04. The normalized spacial score (nSPS) is 14.8. The van der Waals surface area contributed by atoms with Crippen LogP contribution in [-0.2, 0) is 14.8 Å². The Morgan fingerprint density at radius 2 is 1.88 bits per heavy atom. The van der Waals surface area contributed by atoms with Gasteiger partial charge in [-0.15, -0.1) is 0 Å². The first-order chi connectivity index (χ1) is 15.3. The van der Waals surface area contributed by atoms with Crippen LogP contribution < -0.4 is 15.4 Å². The van der Waals surface area contributed by atoms with E-state index in [0.717, 1.165) is 0 Å². The molecule has 1 aliphatic rings. The molecular weight excluding hydrogens is 433 g/mol. The number of nitrogens with one attached hydrogen (secondary N) is 1. The Kier molecular flexibility index (Phi) is 5.78. The highest BCUT2D eigenvalue weighted by Crippen LogP contribution is 2.33. The number of nitrogens with two attached hydrogens (primary N) is 1. The number of carbonyl (C=O) groups excluding carboxylic acids is 1. The average molecular weight is 453 g/mol. The van der Waals surface area contributed by atoms with Crippen LogP contribution in [0.4, 0.5) is 15.8 Å². The van der Waals surface area contributed by atoms with Gasteiger partial charge in [-0.2, -0.15) is 5.26 Å². The van der Waals surface area contributed by atoms with Gasteiger partial charge in [0.25, 0.3) is 0 Å². The molecule has 0 unspecified atom stereocenters. The molecule has 1 saturated heterocycles. The van der Waals surface area contributed by atoms with Crippen molar-refractivity contribution in [3.8, 4) is 6.07 Å². The monoisotopic (exact) mass is 453 g/mol. The van der Waals surface area contributed by atoms with Crippen LogP contribution in [0.2, 0.25) is 0 Å². The second-order valence-corrected chi connectivity index (χ2v) is 9.18. The van der Waals surface area contributed by atoms with E-state index in [1.54, 1.807) is 6.07 Å². The summed E-state index contributed by atoms with van der Waals surface area (Å²) < 4.78 is 36.6. The Labute approximate surface area is 184 Å². The van der Waals surface area contributed by atoms with Gasteiger partial charge in [-0.1, -0.05) is 0 Å². The van der Waals surface area contributed by atoms with Crippen molar-refractivity contribution in [2.45, 2.75) is 17.7 Å². The number of anilines is 2. The number of rotatable bonds is 4. The largest absolute Gasteiger partial charge is 0.370 e. The highest BCUT2D eigenvalue weighted by atomic mass is 32.2. The van der Waals surface area contributed by atoms with Crippen molar-refractivity contribution in [2.75, 3.05) is 23.3 Å². The molecule has 4 rings (SSSR count). The van der Waals surface area contributed by atoms with Gasteiger partial charge < -0.3 is 10.2 Å². The number of halogens is 1. The summed E-state index contributed by atoms with van der Waals surface area (Å²) in [5.74, 6) is -0.822. The van der Waals surface area contributed by atoms with Crippen molar-refractivity contribution in [1.82, 2.24) is 4.98 Å². The summed E-state index contributed by atoms with van der Waals surface area (Å²) in [4.78, 5) is 18.9. The number of primary sulfonamides is 1. The fourth-order valence-electron chi connectivity index (χ4n) is 3.91. The minimum atomic E-state index is -3.79. The smallest absolute Gasteiger partial charge is 0.238 e. The first-order valence-corrected chi connectivity index (χ1v) is 11.5. The van der Waals surface area contributed by atoms with Crippen LogP contribution in [0.3, 0.4) is 0 Å². The van der Waals surface area contributed by atoms with E-state index < -0.39 is 15.8 Å². The Bertz CT molecular complexity index is 1330. The fraction of sp³-hybridized carbons (Fsp3) is 0.227. The number of nitriles is 1. The summed E-state index contributed by atoms with van der Waals surface area (Å²) in [6.07, 6.45) is 2.58. The lowest BCUT2D eigenvalue weighted by Gasteiger charge is -2.34. The first kappa shape index (κ1) is 21.7. The van der Waals surface area contributed by atoms with Gasteiger partial charge in [0.05, 0.1) is 21.7 Å². The number of piperidine rings is 1. The lowest BCUT2D eigenvalue weighted by molar-refractivity contribution is -0.120. The van der Waals surface area contributed by atoms with Gasteiger partial charge in [0, 0.05) is 36.3 Å². The van der Waals surface area contributed by atoms with Crippen molar-refractivity contribution in [2.24, 2.45) is 11.1 Å². The quantitative estimate of drug-likeness (QED) is 0.625. The number of aromatic nitrogens is 1. The van der Waals surface area contributed by atoms with Gasteiger partial charge in [-0.25, -0.2) is 17.9 Å². The van der Waals surface area contributed by atoms with E-state index in [1.165, 1.54) is 42.6 Å². The van der Waals surface area contributed by atoms with E-state index in [9.17, 15) is 22.9 Å². The van der Waals surface area contributed by atoms with Crippen LogP contribution in [0.15, 0.2) is 53.6 Å². The van der Waals surface area contributed by atoms with Crippen LogP contribution in [0.25, 0.3) is 10.9 Å². The van der Waals surface area contributed by atoms with Gasteiger partial charge in [-0.05, 0) is 55.3 Å². The molecule has 0 spiro atoms. The molecule has 32 heavy (non-hydrogen) atoms. The van der Waals surface area contributed by atoms with Gasteiger partial charge in [0.15, 0.2) is 0 Å². The molecule has 0 bridgehead atoms. The fourth-order valence-corrected chi connectivity index (χ4v) is 4.43. The number of hydrogen-bond acceptors (Lipinski definition) is 6. The van der Waals surface area contributed by atoms with E-state index >= 15 is 0 Å². The zero-order valence-corrected chi connectivity index (χ0v) is 17.8. The Morgan fingerprint density at radius 1 is 1.19 bits per heavy atom. The standard InChI is InChI=1S/C22H20FN5O3S/c23-16-1-6-20-19(11-16)21(15(12-24)13-26-20)28-9-7-14(8-10-28)22(29)27-17-2-4-18(5-3-17)32(25,30)31/h1-6,11,13-14H,7-10H2,(H,27,29)(H2,25,30,31). The average Bonchev–Trinajstić information content (AvgIpc) is 2.78. The molecule has 164 valence electrons. The third-order valence-corrected chi connectivity index (χ3v) is 6.48. The van der Waals surface area contributed by atoms with Gasteiger partial charge >= 0.3 is 0 Å². The maximum Gasteiger partial charge on any atom is 0.238 e. The number of fused-ring (bicyclic) bond motifs is 1. The SMILES string of the molecule is N#Cc1cnc2ccc(F)cc2c1N1CCC(C(=O)Nc2ccc(S(N)(=O)=O)cc2)CC1. The molecule has 3 N–H and O–H groups in total. The second-order valence-electron chi connectivity index (χ2n) is 7.61. The Balaban J connectivity index is 1.47. The van der Waals surface area contributed by atoms with Crippen LogP contribution in [0.5, 0.6) is 0 Å². The first-order valence-electron chi connectivity index (χ1n) is 9.93. The molecule has 1 aliphatic heterocycles. The predicted molar refractivity (Wildman–Crippen MR) is 118 cm³/mol. The highest BCUT2D eigenvalue weighted by Gasteiger charge is 2.27.